The summed E-state index contributed by atoms with van der Waals surface area (Å²) < 4.78 is 67.6. The van der Waals surface area contributed by atoms with Crippen LogP contribution in [0.4, 0.5) is 17.6 Å². The van der Waals surface area contributed by atoms with Gasteiger partial charge in [-0.2, -0.15) is 8.78 Å². The Morgan fingerprint density at radius 3 is 2.80 bits per heavy atom. The maximum absolute atomic E-state index is 14.6. The molecule has 1 aliphatic rings. The summed E-state index contributed by atoms with van der Waals surface area (Å²) >= 11 is 0. The minimum Gasteiger partial charge on any atom is -0.463 e. The van der Waals surface area contributed by atoms with Crippen LogP contribution in [0.25, 0.3) is 11.9 Å². The summed E-state index contributed by atoms with van der Waals surface area (Å²) in [7, 11) is 0. The van der Waals surface area contributed by atoms with Crippen LogP contribution in [0.3, 0.4) is 0 Å². The van der Waals surface area contributed by atoms with Crippen LogP contribution >= 0.6 is 0 Å². The highest BCUT2D eigenvalue weighted by molar-refractivity contribution is 5.76. The van der Waals surface area contributed by atoms with E-state index in [1.54, 1.807) is 0 Å². The number of nitrogens with zero attached hydrogens (tertiary/aromatic N) is 3. The molecule has 0 unspecified atom stereocenters. The number of halogens is 4. The van der Waals surface area contributed by atoms with E-state index in [1.807, 2.05) is 0 Å². The second-order valence-corrected chi connectivity index (χ2v) is 6.48. The van der Waals surface area contributed by atoms with E-state index in [-0.39, 0.29) is 23.7 Å². The molecule has 2 heterocycles. The Kier molecular flexibility index (Phi) is 5.64. The number of hydrogen-bond acceptors (Lipinski definition) is 6. The third-order valence-electron chi connectivity index (χ3n) is 4.43. The molecule has 1 aromatic carbocycles. The molecule has 0 bridgehead atoms. The van der Waals surface area contributed by atoms with Gasteiger partial charge in [0.2, 0.25) is 5.88 Å². The van der Waals surface area contributed by atoms with Gasteiger partial charge in [0, 0.05) is 5.56 Å². The largest absolute Gasteiger partial charge is 0.463 e. The Bertz CT molecular complexity index is 1050. The predicted octanol–water partition coefficient (Wildman–Crippen LogP) is 3.29. The van der Waals surface area contributed by atoms with Crippen LogP contribution in [-0.4, -0.2) is 35.1 Å². The van der Waals surface area contributed by atoms with Crippen molar-refractivity contribution in [1.82, 2.24) is 9.97 Å². The zero-order valence-corrected chi connectivity index (χ0v) is 15.7. The molecule has 0 fully saturated rings. The van der Waals surface area contributed by atoms with E-state index in [0.29, 0.717) is 0 Å². The number of amidine groups is 1. The fourth-order valence-corrected chi connectivity index (χ4v) is 2.75. The number of nitrogens with two attached hydrogens (primary N) is 1. The van der Waals surface area contributed by atoms with Crippen molar-refractivity contribution in [3.63, 3.8) is 0 Å². The topological polar surface area (TPSA) is 82.6 Å². The van der Waals surface area contributed by atoms with Crippen molar-refractivity contribution < 1.29 is 27.0 Å². The second-order valence-electron chi connectivity index (χ2n) is 6.48. The van der Waals surface area contributed by atoms with Crippen molar-refractivity contribution in [2.24, 2.45) is 10.7 Å². The van der Waals surface area contributed by atoms with E-state index in [1.165, 1.54) is 12.3 Å². The summed E-state index contributed by atoms with van der Waals surface area (Å²) in [6.45, 7) is -0.0480. The number of alkyl halides is 2. The number of aromatic nitrogens is 2. The normalized spacial score (nSPS) is 20.7. The fourth-order valence-electron chi connectivity index (χ4n) is 2.75. The fraction of sp³-hybridized carbons (Fsp3) is 0.250. The minimum absolute atomic E-state index is 0.0217. The van der Waals surface area contributed by atoms with Gasteiger partial charge >= 0.3 is 5.92 Å². The van der Waals surface area contributed by atoms with Gasteiger partial charge in [-0.25, -0.2) is 23.7 Å². The molecular formula is C20H16F4N4O2. The Morgan fingerprint density at radius 1 is 1.37 bits per heavy atom. The molecule has 2 N–H and O–H groups in total. The molecule has 30 heavy (non-hydrogen) atoms. The van der Waals surface area contributed by atoms with Crippen molar-refractivity contribution >= 4 is 17.9 Å². The number of aliphatic imine (C=N–C) groups is 1. The Balaban J connectivity index is 1.95. The van der Waals surface area contributed by atoms with Gasteiger partial charge in [-0.1, -0.05) is 12.0 Å². The average Bonchev–Trinajstić information content (AvgIpc) is 2.71. The van der Waals surface area contributed by atoms with Gasteiger partial charge in [-0.3, -0.25) is 0 Å². The maximum Gasteiger partial charge on any atom is 0.310 e. The highest BCUT2D eigenvalue weighted by atomic mass is 19.3. The van der Waals surface area contributed by atoms with Gasteiger partial charge in [0.25, 0.3) is 6.02 Å². The van der Waals surface area contributed by atoms with Crippen LogP contribution in [0.2, 0.25) is 0 Å². The third-order valence-corrected chi connectivity index (χ3v) is 4.43. The molecule has 1 aliphatic heterocycles. The zero-order chi connectivity index (χ0) is 21.9. The first-order valence-corrected chi connectivity index (χ1v) is 8.58. The van der Waals surface area contributed by atoms with Crippen LogP contribution in [0.5, 0.6) is 5.88 Å². The lowest BCUT2D eigenvalue weighted by atomic mass is 9.84. The van der Waals surface area contributed by atoms with Crippen molar-refractivity contribution in [2.45, 2.75) is 18.4 Å². The van der Waals surface area contributed by atoms with Crippen LogP contribution < -0.4 is 10.5 Å². The summed E-state index contributed by atoms with van der Waals surface area (Å²) in [5, 5.41) is 0. The standard InChI is InChI=1S/C20H16F4N4O2/c1-3-6-29-17-10-26-16(9-27-17)15(22)8-12-4-5-14(21)13(7-12)19(2)20(23,24)11-30-18(25)28-19/h1,4-5,7-10H,6,11H2,2H3,(H2,25,28)/b15-8-/t19-/m1/s1. The van der Waals surface area contributed by atoms with Crippen LogP contribution in [0, 0.1) is 18.2 Å². The first-order chi connectivity index (χ1) is 14.2. The first kappa shape index (κ1) is 21.1. The van der Waals surface area contributed by atoms with E-state index < -0.39 is 41.3 Å². The molecule has 0 aliphatic carbocycles. The van der Waals surface area contributed by atoms with E-state index >= 15 is 0 Å². The SMILES string of the molecule is C#CCOc1cnc(/C(F)=C/c2ccc(F)c([C@@]3(C)N=C(N)OCC3(F)F)c2)cn1. The number of benzene rings is 1. The summed E-state index contributed by atoms with van der Waals surface area (Å²) in [5.41, 5.74) is 2.61. The molecule has 0 saturated carbocycles. The molecule has 0 radical (unpaired) electrons. The lowest BCUT2D eigenvalue weighted by Gasteiger charge is -2.37. The quantitative estimate of drug-likeness (QED) is 0.593. The van der Waals surface area contributed by atoms with Crippen molar-refractivity contribution in [3.8, 4) is 18.2 Å². The monoisotopic (exact) mass is 420 g/mol. The zero-order valence-electron chi connectivity index (χ0n) is 15.7. The summed E-state index contributed by atoms with van der Waals surface area (Å²) in [4.78, 5) is 11.3. The van der Waals surface area contributed by atoms with Gasteiger partial charge in [0.05, 0.1) is 12.4 Å². The highest BCUT2D eigenvalue weighted by Gasteiger charge is 2.56. The molecule has 2 aromatic rings. The molecule has 1 atom stereocenters. The van der Waals surface area contributed by atoms with E-state index in [0.717, 1.165) is 31.3 Å². The Labute approximate surface area is 169 Å². The molecule has 0 amide bonds. The van der Waals surface area contributed by atoms with Gasteiger partial charge < -0.3 is 15.2 Å². The third kappa shape index (κ3) is 4.05. The molecule has 10 heteroatoms. The van der Waals surface area contributed by atoms with Crippen LogP contribution in [-0.2, 0) is 10.3 Å². The lowest BCUT2D eigenvalue weighted by Crippen LogP contribution is -2.51. The highest BCUT2D eigenvalue weighted by Crippen LogP contribution is 2.44. The molecule has 0 saturated heterocycles. The first-order valence-electron chi connectivity index (χ1n) is 8.58. The van der Waals surface area contributed by atoms with Crippen molar-refractivity contribution in [2.75, 3.05) is 13.2 Å². The smallest absolute Gasteiger partial charge is 0.310 e. The van der Waals surface area contributed by atoms with Crippen LogP contribution in [0.1, 0.15) is 23.7 Å². The number of terminal acetylenes is 1. The van der Waals surface area contributed by atoms with Gasteiger partial charge in [0.1, 0.15) is 11.5 Å². The van der Waals surface area contributed by atoms with Gasteiger partial charge in [0.15, 0.2) is 24.6 Å². The molecule has 3 rings (SSSR count). The molecule has 156 valence electrons. The van der Waals surface area contributed by atoms with Crippen molar-refractivity contribution in [3.05, 3.63) is 53.2 Å². The van der Waals surface area contributed by atoms with E-state index in [9.17, 15) is 17.6 Å². The second kappa shape index (κ2) is 8.02. The summed E-state index contributed by atoms with van der Waals surface area (Å²) in [6, 6.07) is 2.75. The molecule has 0 spiro atoms. The van der Waals surface area contributed by atoms with E-state index in [2.05, 4.69) is 25.6 Å². The summed E-state index contributed by atoms with van der Waals surface area (Å²) in [6.07, 6.45) is 8.36. The maximum atomic E-state index is 14.6. The van der Waals surface area contributed by atoms with Gasteiger partial charge in [-0.15, -0.1) is 6.42 Å². The number of rotatable bonds is 5. The van der Waals surface area contributed by atoms with Gasteiger partial charge in [-0.05, 0) is 30.7 Å². The number of hydrogen-bond donors (Lipinski definition) is 1. The lowest BCUT2D eigenvalue weighted by molar-refractivity contribution is -0.117. The molecular weight excluding hydrogens is 404 g/mol. The summed E-state index contributed by atoms with van der Waals surface area (Å²) in [5.74, 6) is -2.95. The van der Waals surface area contributed by atoms with Crippen LogP contribution in [0.15, 0.2) is 35.6 Å². The molecule has 6 nitrogen and oxygen atoms in total. The Hall–Kier alpha value is -3.61. The molecule has 1 aromatic heterocycles. The van der Waals surface area contributed by atoms with E-state index in [4.69, 9.17) is 16.9 Å². The minimum atomic E-state index is -3.54. The predicted molar refractivity (Wildman–Crippen MR) is 102 cm³/mol. The van der Waals surface area contributed by atoms with Crippen molar-refractivity contribution in [1.29, 1.82) is 0 Å². The number of ether oxygens (including phenoxy) is 2. The average molecular weight is 420 g/mol. The Morgan fingerprint density at radius 2 is 2.13 bits per heavy atom.